The molecule has 2 atom stereocenters. The van der Waals surface area contributed by atoms with Crippen molar-refractivity contribution in [3.8, 4) is 0 Å². The second-order valence-corrected chi connectivity index (χ2v) is 2.75. The average molecular weight is 196 g/mol. The van der Waals surface area contributed by atoms with Crippen LogP contribution in [0.1, 0.15) is 0 Å². The van der Waals surface area contributed by atoms with Crippen LogP contribution in [0.25, 0.3) is 0 Å². The second kappa shape index (κ2) is 4.54. The van der Waals surface area contributed by atoms with Crippen molar-refractivity contribution in [1.82, 2.24) is 4.98 Å². The number of carboxylic acid groups (broad SMARTS) is 1. The summed E-state index contributed by atoms with van der Waals surface area (Å²) in [5.41, 5.74) is 10.8. The van der Waals surface area contributed by atoms with Crippen molar-refractivity contribution in [2.75, 3.05) is 5.32 Å². The summed E-state index contributed by atoms with van der Waals surface area (Å²) >= 11 is 0. The van der Waals surface area contributed by atoms with Crippen molar-refractivity contribution in [2.45, 2.75) is 12.2 Å². The first-order valence-corrected chi connectivity index (χ1v) is 4.03. The highest BCUT2D eigenvalue weighted by atomic mass is 16.4. The van der Waals surface area contributed by atoms with Crippen LogP contribution in [0, 0.1) is 0 Å². The van der Waals surface area contributed by atoms with E-state index in [0.29, 0.717) is 5.82 Å². The highest BCUT2D eigenvalue weighted by Gasteiger charge is 2.20. The molecule has 0 amide bonds. The van der Waals surface area contributed by atoms with Gasteiger partial charge in [0.1, 0.15) is 18.0 Å². The topological polar surface area (TPSA) is 114 Å². The molecule has 6 N–H and O–H groups in total. The zero-order valence-corrected chi connectivity index (χ0v) is 7.42. The number of anilines is 1. The lowest BCUT2D eigenvalue weighted by molar-refractivity contribution is -0.138. The maximum absolute atomic E-state index is 10.5. The average Bonchev–Trinajstić information content (AvgIpc) is 2.18. The van der Waals surface area contributed by atoms with Gasteiger partial charge in [-0.25, -0.2) is 4.98 Å². The normalized spacial score (nSPS) is 14.4. The van der Waals surface area contributed by atoms with Gasteiger partial charge in [0, 0.05) is 6.20 Å². The van der Waals surface area contributed by atoms with Gasteiger partial charge in [-0.3, -0.25) is 4.79 Å². The van der Waals surface area contributed by atoms with E-state index in [0.717, 1.165) is 0 Å². The SMILES string of the molecule is NC(Nc1ccccn1)C(N)C(=O)O. The lowest BCUT2D eigenvalue weighted by Crippen LogP contribution is -2.51. The van der Waals surface area contributed by atoms with Crippen molar-refractivity contribution in [1.29, 1.82) is 0 Å². The molecular formula is C8H12N4O2. The molecule has 0 spiro atoms. The smallest absolute Gasteiger partial charge is 0.324 e. The molecule has 6 heteroatoms. The van der Waals surface area contributed by atoms with Crippen molar-refractivity contribution >= 4 is 11.8 Å². The van der Waals surface area contributed by atoms with Crippen LogP contribution in [-0.4, -0.2) is 28.3 Å². The molecule has 0 bridgehead atoms. The molecule has 1 rings (SSSR count). The molecule has 0 aliphatic rings. The Morgan fingerprint density at radius 1 is 1.50 bits per heavy atom. The zero-order valence-electron chi connectivity index (χ0n) is 7.42. The zero-order chi connectivity index (χ0) is 10.6. The lowest BCUT2D eigenvalue weighted by Gasteiger charge is -2.17. The van der Waals surface area contributed by atoms with Gasteiger partial charge < -0.3 is 21.9 Å². The minimum absolute atomic E-state index is 0.497. The number of nitrogens with zero attached hydrogens (tertiary/aromatic N) is 1. The maximum atomic E-state index is 10.5. The highest BCUT2D eigenvalue weighted by Crippen LogP contribution is 2.01. The van der Waals surface area contributed by atoms with E-state index >= 15 is 0 Å². The Morgan fingerprint density at radius 2 is 2.21 bits per heavy atom. The fourth-order valence-corrected chi connectivity index (χ4v) is 0.862. The van der Waals surface area contributed by atoms with Crippen molar-refractivity contribution in [3.63, 3.8) is 0 Å². The van der Waals surface area contributed by atoms with Crippen molar-refractivity contribution in [3.05, 3.63) is 24.4 Å². The monoisotopic (exact) mass is 196 g/mol. The molecule has 1 aromatic rings. The van der Waals surface area contributed by atoms with E-state index in [-0.39, 0.29) is 0 Å². The third-order valence-electron chi connectivity index (χ3n) is 1.65. The van der Waals surface area contributed by atoms with Crippen LogP contribution >= 0.6 is 0 Å². The van der Waals surface area contributed by atoms with Crippen LogP contribution in [0.5, 0.6) is 0 Å². The predicted octanol–water partition coefficient (Wildman–Crippen LogP) is -0.810. The number of carbonyl (C=O) groups is 1. The largest absolute Gasteiger partial charge is 0.480 e. The van der Waals surface area contributed by atoms with E-state index < -0.39 is 18.2 Å². The number of nitrogens with two attached hydrogens (primary N) is 2. The van der Waals surface area contributed by atoms with Crippen LogP contribution < -0.4 is 16.8 Å². The summed E-state index contributed by atoms with van der Waals surface area (Å²) in [7, 11) is 0. The first-order valence-electron chi connectivity index (χ1n) is 4.03. The summed E-state index contributed by atoms with van der Waals surface area (Å²) in [4.78, 5) is 14.4. The number of hydrogen-bond donors (Lipinski definition) is 4. The molecule has 76 valence electrons. The summed E-state index contributed by atoms with van der Waals surface area (Å²) in [6.45, 7) is 0. The van der Waals surface area contributed by atoms with Gasteiger partial charge in [0.05, 0.1) is 0 Å². The number of aromatic nitrogens is 1. The number of rotatable bonds is 4. The quantitative estimate of drug-likeness (QED) is 0.468. The Balaban J connectivity index is 2.57. The molecule has 1 heterocycles. The fraction of sp³-hybridized carbons (Fsp3) is 0.250. The van der Waals surface area contributed by atoms with Crippen molar-refractivity contribution < 1.29 is 9.90 Å². The molecule has 0 aromatic carbocycles. The number of hydrogen-bond acceptors (Lipinski definition) is 5. The van der Waals surface area contributed by atoms with E-state index in [2.05, 4.69) is 10.3 Å². The Kier molecular flexibility index (Phi) is 3.38. The predicted molar refractivity (Wildman–Crippen MR) is 51.4 cm³/mol. The Morgan fingerprint density at radius 3 is 2.71 bits per heavy atom. The number of aliphatic carboxylic acids is 1. The Labute approximate surface area is 80.9 Å². The molecular weight excluding hydrogens is 184 g/mol. The maximum Gasteiger partial charge on any atom is 0.324 e. The summed E-state index contributed by atoms with van der Waals surface area (Å²) in [5, 5.41) is 11.2. The number of nitrogens with one attached hydrogen (secondary N) is 1. The van der Waals surface area contributed by atoms with Gasteiger partial charge >= 0.3 is 5.97 Å². The van der Waals surface area contributed by atoms with E-state index in [1.807, 2.05) is 0 Å². The van der Waals surface area contributed by atoms with Crippen LogP contribution in [-0.2, 0) is 4.79 Å². The van der Waals surface area contributed by atoms with Gasteiger partial charge in [0.2, 0.25) is 0 Å². The standard InChI is InChI=1S/C8H12N4O2/c9-6(8(13)14)7(10)12-5-3-1-2-4-11-5/h1-4,6-7H,9-10H2,(H,11,12)(H,13,14). The van der Waals surface area contributed by atoms with Gasteiger partial charge in [-0.1, -0.05) is 6.07 Å². The van der Waals surface area contributed by atoms with Gasteiger partial charge in [0.25, 0.3) is 0 Å². The minimum atomic E-state index is -1.16. The molecule has 0 radical (unpaired) electrons. The van der Waals surface area contributed by atoms with Crippen LogP contribution in [0.2, 0.25) is 0 Å². The molecule has 0 saturated heterocycles. The number of carboxylic acids is 1. The van der Waals surface area contributed by atoms with Crippen molar-refractivity contribution in [2.24, 2.45) is 11.5 Å². The first-order chi connectivity index (χ1) is 6.61. The van der Waals surface area contributed by atoms with Crippen LogP contribution in [0.15, 0.2) is 24.4 Å². The third kappa shape index (κ3) is 2.68. The summed E-state index contributed by atoms with van der Waals surface area (Å²) in [6.07, 6.45) is 0.712. The number of pyridine rings is 1. The minimum Gasteiger partial charge on any atom is -0.480 e. The van der Waals surface area contributed by atoms with Crippen LogP contribution in [0.4, 0.5) is 5.82 Å². The van der Waals surface area contributed by atoms with Gasteiger partial charge in [-0.15, -0.1) is 0 Å². The first kappa shape index (κ1) is 10.4. The van der Waals surface area contributed by atoms with Gasteiger partial charge in [-0.2, -0.15) is 0 Å². The van der Waals surface area contributed by atoms with E-state index in [4.69, 9.17) is 16.6 Å². The fourth-order valence-electron chi connectivity index (χ4n) is 0.862. The molecule has 0 fully saturated rings. The Hall–Kier alpha value is -1.66. The molecule has 0 saturated carbocycles. The van der Waals surface area contributed by atoms with E-state index in [9.17, 15) is 4.79 Å². The third-order valence-corrected chi connectivity index (χ3v) is 1.65. The highest BCUT2D eigenvalue weighted by molar-refractivity contribution is 5.74. The second-order valence-electron chi connectivity index (χ2n) is 2.75. The van der Waals surface area contributed by atoms with E-state index in [1.54, 1.807) is 24.4 Å². The molecule has 0 aliphatic heterocycles. The molecule has 1 aromatic heterocycles. The molecule has 6 nitrogen and oxygen atoms in total. The van der Waals surface area contributed by atoms with Gasteiger partial charge in [0.15, 0.2) is 0 Å². The summed E-state index contributed by atoms with van der Waals surface area (Å²) in [5.74, 6) is -0.655. The molecule has 14 heavy (non-hydrogen) atoms. The lowest BCUT2D eigenvalue weighted by atomic mass is 10.2. The Bertz CT molecular complexity index is 303. The van der Waals surface area contributed by atoms with Gasteiger partial charge in [-0.05, 0) is 12.1 Å². The van der Waals surface area contributed by atoms with E-state index in [1.165, 1.54) is 0 Å². The summed E-state index contributed by atoms with van der Waals surface area (Å²) in [6, 6.07) is 4.02. The molecule has 2 unspecified atom stereocenters. The molecule has 0 aliphatic carbocycles. The summed E-state index contributed by atoms with van der Waals surface area (Å²) < 4.78 is 0. The van der Waals surface area contributed by atoms with Crippen LogP contribution in [0.3, 0.4) is 0 Å².